The van der Waals surface area contributed by atoms with Crippen molar-refractivity contribution in [2.24, 2.45) is 0 Å². The Bertz CT molecular complexity index is 538. The molecular weight excluding hydrogens is 260 g/mol. The number of nitrogens with one attached hydrogen (secondary N) is 1. The van der Waals surface area contributed by atoms with Gasteiger partial charge in [0.25, 0.3) is 0 Å². The Morgan fingerprint density at radius 3 is 2.58 bits per heavy atom. The fourth-order valence-corrected chi connectivity index (χ4v) is 3.70. The molecule has 1 aromatic rings. The first-order chi connectivity index (χ1) is 8.96. The van der Waals surface area contributed by atoms with Crippen LogP contribution in [0.15, 0.2) is 29.2 Å². The third kappa shape index (κ3) is 2.83. The lowest BCUT2D eigenvalue weighted by molar-refractivity contribution is 0.249. The maximum Gasteiger partial charge on any atom is 0.243 e. The molecule has 106 valence electrons. The molecule has 4 nitrogen and oxygen atoms in total. The predicted molar refractivity (Wildman–Crippen MR) is 76.5 cm³/mol. The lowest BCUT2D eigenvalue weighted by Gasteiger charge is -2.33. The smallest absolute Gasteiger partial charge is 0.243 e. The summed E-state index contributed by atoms with van der Waals surface area (Å²) in [6.07, 6.45) is 3.08. The van der Waals surface area contributed by atoms with Gasteiger partial charge in [0.2, 0.25) is 10.0 Å². The number of benzene rings is 1. The van der Waals surface area contributed by atoms with Gasteiger partial charge in [0.1, 0.15) is 0 Å². The minimum atomic E-state index is -3.36. The van der Waals surface area contributed by atoms with Gasteiger partial charge < -0.3 is 5.32 Å². The van der Waals surface area contributed by atoms with E-state index in [9.17, 15) is 8.42 Å². The summed E-state index contributed by atoms with van der Waals surface area (Å²) in [6.45, 7) is 2.02. The molecular formula is C14H22N2O2S. The minimum absolute atomic E-state index is 0.143. The quantitative estimate of drug-likeness (QED) is 0.900. The second-order valence-corrected chi connectivity index (χ2v) is 7.19. The number of rotatable bonds is 5. The van der Waals surface area contributed by atoms with E-state index in [1.807, 2.05) is 26.1 Å². The minimum Gasteiger partial charge on any atom is -0.313 e. The van der Waals surface area contributed by atoms with Gasteiger partial charge in [-0.1, -0.05) is 18.6 Å². The van der Waals surface area contributed by atoms with E-state index in [4.69, 9.17) is 0 Å². The molecule has 1 aromatic carbocycles. The van der Waals surface area contributed by atoms with Crippen molar-refractivity contribution >= 4 is 10.0 Å². The zero-order valence-electron chi connectivity index (χ0n) is 11.8. The van der Waals surface area contributed by atoms with E-state index >= 15 is 0 Å². The van der Waals surface area contributed by atoms with Gasteiger partial charge in [-0.2, -0.15) is 4.31 Å². The predicted octanol–water partition coefficient (Wildman–Crippen LogP) is 2.14. The zero-order valence-corrected chi connectivity index (χ0v) is 12.6. The van der Waals surface area contributed by atoms with Crippen molar-refractivity contribution in [2.45, 2.75) is 43.2 Å². The molecule has 1 aliphatic rings. The highest BCUT2D eigenvalue weighted by molar-refractivity contribution is 7.89. The van der Waals surface area contributed by atoms with Crippen LogP contribution in [0, 0.1) is 0 Å². The van der Waals surface area contributed by atoms with Gasteiger partial charge in [-0.3, -0.25) is 0 Å². The van der Waals surface area contributed by atoms with Crippen LogP contribution in [0.2, 0.25) is 0 Å². The van der Waals surface area contributed by atoms with Crippen LogP contribution in [-0.2, 0) is 10.0 Å². The van der Waals surface area contributed by atoms with E-state index < -0.39 is 10.0 Å². The Morgan fingerprint density at radius 2 is 2.05 bits per heavy atom. The fraction of sp³-hybridized carbons (Fsp3) is 0.571. The molecule has 19 heavy (non-hydrogen) atoms. The van der Waals surface area contributed by atoms with Crippen molar-refractivity contribution in [3.8, 4) is 0 Å². The Labute approximate surface area is 115 Å². The van der Waals surface area contributed by atoms with Crippen LogP contribution in [0.4, 0.5) is 0 Å². The molecule has 1 aliphatic carbocycles. The van der Waals surface area contributed by atoms with Gasteiger partial charge >= 0.3 is 0 Å². The fourth-order valence-electron chi connectivity index (χ4n) is 2.22. The van der Waals surface area contributed by atoms with Gasteiger partial charge in [-0.25, -0.2) is 8.42 Å². The SMILES string of the molecule is CNC(C)c1cccc(S(=O)(=O)N(C)C2CCC2)c1. The van der Waals surface area contributed by atoms with Crippen molar-refractivity contribution in [1.82, 2.24) is 9.62 Å². The zero-order chi connectivity index (χ0) is 14.0. The van der Waals surface area contributed by atoms with Crippen molar-refractivity contribution < 1.29 is 8.42 Å². The van der Waals surface area contributed by atoms with Crippen LogP contribution >= 0.6 is 0 Å². The molecule has 5 heteroatoms. The molecule has 0 amide bonds. The van der Waals surface area contributed by atoms with Gasteiger partial charge in [0.05, 0.1) is 4.90 Å². The molecule has 0 aromatic heterocycles. The van der Waals surface area contributed by atoms with Crippen molar-refractivity contribution in [3.05, 3.63) is 29.8 Å². The summed E-state index contributed by atoms with van der Waals surface area (Å²) >= 11 is 0. The van der Waals surface area contributed by atoms with E-state index in [0.29, 0.717) is 4.90 Å². The van der Waals surface area contributed by atoms with Crippen LogP contribution in [0.3, 0.4) is 0 Å². The molecule has 0 radical (unpaired) electrons. The molecule has 0 saturated heterocycles. The molecule has 0 bridgehead atoms. The second-order valence-electron chi connectivity index (χ2n) is 5.19. The van der Waals surface area contributed by atoms with Crippen LogP contribution in [0.5, 0.6) is 0 Å². The maximum absolute atomic E-state index is 12.5. The maximum atomic E-state index is 12.5. The topological polar surface area (TPSA) is 49.4 Å². The van der Waals surface area contributed by atoms with Gasteiger partial charge in [0.15, 0.2) is 0 Å². The first-order valence-electron chi connectivity index (χ1n) is 6.72. The highest BCUT2D eigenvalue weighted by Gasteiger charge is 2.31. The Morgan fingerprint density at radius 1 is 1.37 bits per heavy atom. The van der Waals surface area contributed by atoms with Gasteiger partial charge in [0, 0.05) is 19.1 Å². The van der Waals surface area contributed by atoms with E-state index in [2.05, 4.69) is 5.32 Å². The third-order valence-corrected chi connectivity index (χ3v) is 5.96. The molecule has 1 unspecified atom stereocenters. The lowest BCUT2D eigenvalue weighted by atomic mass is 9.94. The summed E-state index contributed by atoms with van der Waals surface area (Å²) in [5, 5.41) is 3.13. The number of nitrogens with zero attached hydrogens (tertiary/aromatic N) is 1. The lowest BCUT2D eigenvalue weighted by Crippen LogP contribution is -2.41. The summed E-state index contributed by atoms with van der Waals surface area (Å²) in [7, 11) is 0.197. The van der Waals surface area contributed by atoms with E-state index in [-0.39, 0.29) is 12.1 Å². The molecule has 1 N–H and O–H groups in total. The summed E-state index contributed by atoms with van der Waals surface area (Å²) in [5.41, 5.74) is 0.991. The number of sulfonamides is 1. The molecule has 1 saturated carbocycles. The van der Waals surface area contributed by atoms with Gasteiger partial charge in [-0.15, -0.1) is 0 Å². The van der Waals surface area contributed by atoms with Gasteiger partial charge in [-0.05, 0) is 44.5 Å². The van der Waals surface area contributed by atoms with Crippen LogP contribution in [-0.4, -0.2) is 32.9 Å². The monoisotopic (exact) mass is 282 g/mol. The Kier molecular flexibility index (Phi) is 4.28. The number of hydrogen-bond donors (Lipinski definition) is 1. The standard InChI is InChI=1S/C14H22N2O2S/c1-11(15-2)12-6-4-9-14(10-12)19(17,18)16(3)13-7-5-8-13/h4,6,9-11,13,15H,5,7-8H2,1-3H3. The second kappa shape index (κ2) is 5.61. The highest BCUT2D eigenvalue weighted by Crippen LogP contribution is 2.29. The molecule has 1 atom stereocenters. The van der Waals surface area contributed by atoms with Crippen LogP contribution in [0.25, 0.3) is 0 Å². The normalized spacial score (nSPS) is 18.3. The average molecular weight is 282 g/mol. The number of hydrogen-bond acceptors (Lipinski definition) is 3. The van der Waals surface area contributed by atoms with Crippen LogP contribution < -0.4 is 5.32 Å². The Balaban J connectivity index is 2.29. The first kappa shape index (κ1) is 14.5. The van der Waals surface area contributed by atoms with Crippen molar-refractivity contribution in [1.29, 1.82) is 0 Å². The average Bonchev–Trinajstić information content (AvgIpc) is 2.35. The van der Waals surface area contributed by atoms with E-state index in [1.165, 1.54) is 4.31 Å². The largest absolute Gasteiger partial charge is 0.313 e. The van der Waals surface area contributed by atoms with Crippen molar-refractivity contribution in [3.63, 3.8) is 0 Å². The summed E-state index contributed by atoms with van der Waals surface area (Å²) < 4.78 is 26.6. The summed E-state index contributed by atoms with van der Waals surface area (Å²) in [5.74, 6) is 0. The van der Waals surface area contributed by atoms with Crippen LogP contribution in [0.1, 0.15) is 37.8 Å². The molecule has 1 fully saturated rings. The van der Waals surface area contributed by atoms with E-state index in [1.54, 1.807) is 19.2 Å². The molecule has 0 heterocycles. The summed E-state index contributed by atoms with van der Waals surface area (Å²) in [6, 6.07) is 7.52. The molecule has 0 spiro atoms. The van der Waals surface area contributed by atoms with E-state index in [0.717, 1.165) is 24.8 Å². The Hall–Kier alpha value is -0.910. The summed E-state index contributed by atoms with van der Waals surface area (Å²) in [4.78, 5) is 0.390. The van der Waals surface area contributed by atoms with Crippen molar-refractivity contribution in [2.75, 3.05) is 14.1 Å². The molecule has 2 rings (SSSR count). The first-order valence-corrected chi connectivity index (χ1v) is 8.16. The highest BCUT2D eigenvalue weighted by atomic mass is 32.2. The third-order valence-electron chi connectivity index (χ3n) is 4.06. The molecule has 0 aliphatic heterocycles.